The Bertz CT molecular complexity index is 319. The average molecular weight is 284 g/mol. The van der Waals surface area contributed by atoms with Gasteiger partial charge in [0.15, 0.2) is 0 Å². The third kappa shape index (κ3) is 6.75. The lowest BCUT2D eigenvalue weighted by atomic mass is 10.3. The molecule has 7 nitrogen and oxygen atoms in total. The summed E-state index contributed by atoms with van der Waals surface area (Å²) in [6, 6.07) is 0. The second-order valence-corrected chi connectivity index (χ2v) is 3.58. The van der Waals surface area contributed by atoms with Crippen LogP contribution < -0.4 is 10.6 Å². The molecule has 1 rings (SSSR count). The fourth-order valence-electron chi connectivity index (χ4n) is 0.833. The summed E-state index contributed by atoms with van der Waals surface area (Å²) in [5.74, 6) is -1.49. The van der Waals surface area contributed by atoms with Crippen molar-refractivity contribution in [2.24, 2.45) is 5.73 Å². The molecule has 96 valence electrons. The highest BCUT2D eigenvalue weighted by Gasteiger charge is 2.26. The van der Waals surface area contributed by atoms with E-state index in [2.05, 4.69) is 0 Å². The zero-order chi connectivity index (χ0) is 13.4. The van der Waals surface area contributed by atoms with E-state index < -0.39 is 11.8 Å². The summed E-state index contributed by atoms with van der Waals surface area (Å²) in [7, 11) is 0. The molecule has 0 aromatic heterocycles. The highest BCUT2D eigenvalue weighted by atomic mass is 35.5. The number of hydrogen-bond acceptors (Lipinski definition) is 4. The maximum Gasteiger partial charge on any atom is 0.244 e. The molecule has 0 spiro atoms. The molecule has 0 unspecified atom stereocenters. The first-order chi connectivity index (χ1) is 7.88. The quantitative estimate of drug-likeness (QED) is 0.553. The van der Waals surface area contributed by atoms with Crippen LogP contribution in [0.5, 0.6) is 0 Å². The number of halogens is 2. The predicted octanol–water partition coefficient (Wildman–Crippen LogP) is -0.189. The smallest absolute Gasteiger partial charge is 0.244 e. The summed E-state index contributed by atoms with van der Waals surface area (Å²) in [6.45, 7) is 0. The maximum absolute atomic E-state index is 10.4. The van der Waals surface area contributed by atoms with Gasteiger partial charge in [-0.1, -0.05) is 0 Å². The number of rotatable bonds is 3. The minimum Gasteiger partial charge on any atom is -0.370 e. The minimum absolute atomic E-state index is 0.0402. The predicted molar refractivity (Wildman–Crippen MR) is 59.4 cm³/mol. The van der Waals surface area contributed by atoms with E-state index in [1.54, 1.807) is 0 Å². The molecule has 1 fully saturated rings. The van der Waals surface area contributed by atoms with Crippen LogP contribution in [0.1, 0.15) is 25.7 Å². The third-order valence-corrected chi connectivity index (χ3v) is 2.28. The summed E-state index contributed by atoms with van der Waals surface area (Å²) in [4.78, 5) is 42.8. The number of hydrogen-bond donors (Lipinski definition) is 2. The zero-order valence-corrected chi connectivity index (χ0v) is 10.3. The van der Waals surface area contributed by atoms with Crippen LogP contribution in [0.15, 0.2) is 0 Å². The molecule has 9 heteroatoms. The van der Waals surface area contributed by atoms with Gasteiger partial charge in [-0.05, 0) is 0 Å². The van der Waals surface area contributed by atoms with E-state index in [9.17, 15) is 19.2 Å². The van der Waals surface area contributed by atoms with E-state index in [-0.39, 0.29) is 37.5 Å². The van der Waals surface area contributed by atoms with Crippen molar-refractivity contribution in [1.82, 2.24) is 9.25 Å². The molecule has 0 aliphatic carbocycles. The molecule has 0 aromatic carbocycles. The molecular weight excluding hydrogens is 273 g/mol. The molecule has 0 radical (unpaired) electrons. The van der Waals surface area contributed by atoms with Gasteiger partial charge in [0.05, 0.1) is 0 Å². The molecule has 0 aromatic rings. The second-order valence-electron chi connectivity index (χ2n) is 3.05. The lowest BCUT2D eigenvalue weighted by molar-refractivity contribution is -0.132. The summed E-state index contributed by atoms with van der Waals surface area (Å²) in [6.07, 6.45) is 0.627. The van der Waals surface area contributed by atoms with Gasteiger partial charge in [0, 0.05) is 49.2 Å². The van der Waals surface area contributed by atoms with Gasteiger partial charge in [-0.3, -0.25) is 24.0 Å². The van der Waals surface area contributed by atoms with Crippen molar-refractivity contribution in [2.45, 2.75) is 25.7 Å². The largest absolute Gasteiger partial charge is 0.370 e. The molecular formula is C8H11Cl2N3O4. The molecule has 1 aliphatic rings. The Morgan fingerprint density at radius 1 is 1.24 bits per heavy atom. The monoisotopic (exact) mass is 283 g/mol. The van der Waals surface area contributed by atoms with E-state index in [1.807, 2.05) is 4.84 Å². The van der Waals surface area contributed by atoms with Gasteiger partial charge in [-0.25, -0.2) is 0 Å². The van der Waals surface area contributed by atoms with Gasteiger partial charge in [0.1, 0.15) is 0 Å². The van der Waals surface area contributed by atoms with Crippen LogP contribution in [0.4, 0.5) is 0 Å². The summed E-state index contributed by atoms with van der Waals surface area (Å²) in [5.41, 5.74) is 4.73. The molecule has 17 heavy (non-hydrogen) atoms. The number of amides is 4. The van der Waals surface area contributed by atoms with Crippen LogP contribution in [-0.2, 0) is 19.2 Å². The van der Waals surface area contributed by atoms with Crippen LogP contribution in [0.2, 0.25) is 0 Å². The molecule has 1 aliphatic heterocycles. The number of carbonyl (C=O) groups excluding carboxylic acids is 4. The SMILES string of the molecule is NC(=O)CCC(=O)NCl.O=C1CCC(=O)N1Cl. The maximum atomic E-state index is 10.4. The Balaban J connectivity index is 0.000000302. The molecule has 4 amide bonds. The average Bonchev–Trinajstić information content (AvgIpc) is 2.58. The van der Waals surface area contributed by atoms with Gasteiger partial charge in [0.25, 0.3) is 0 Å². The fraction of sp³-hybridized carbons (Fsp3) is 0.500. The van der Waals surface area contributed by atoms with Crippen LogP contribution in [-0.4, -0.2) is 28.0 Å². The van der Waals surface area contributed by atoms with Crippen molar-refractivity contribution in [2.75, 3.05) is 0 Å². The van der Waals surface area contributed by atoms with Gasteiger partial charge in [-0.15, -0.1) is 0 Å². The van der Waals surface area contributed by atoms with E-state index >= 15 is 0 Å². The number of imide groups is 1. The Kier molecular flexibility index (Phi) is 7.24. The normalized spacial score (nSPS) is 14.1. The van der Waals surface area contributed by atoms with Crippen LogP contribution >= 0.6 is 23.6 Å². The van der Waals surface area contributed by atoms with Crippen molar-refractivity contribution >= 4 is 47.2 Å². The first-order valence-electron chi connectivity index (χ1n) is 4.57. The molecule has 0 bridgehead atoms. The molecule has 0 atom stereocenters. The standard InChI is InChI=1S/C4H7ClN2O2.C4H4ClNO2/c5-7-4(9)2-1-3(6)8;5-6-3(7)1-2-4(6)8/h1-2H2,(H2,6,8)(H,7,9);1-2H2. The van der Waals surface area contributed by atoms with E-state index in [0.29, 0.717) is 4.42 Å². The Morgan fingerprint density at radius 3 is 1.94 bits per heavy atom. The van der Waals surface area contributed by atoms with Crippen LogP contribution in [0, 0.1) is 0 Å². The van der Waals surface area contributed by atoms with Crippen molar-refractivity contribution in [3.63, 3.8) is 0 Å². The highest BCUT2D eigenvalue weighted by Crippen LogP contribution is 2.12. The topological polar surface area (TPSA) is 110 Å². The van der Waals surface area contributed by atoms with Gasteiger partial charge in [0.2, 0.25) is 23.6 Å². The zero-order valence-electron chi connectivity index (χ0n) is 8.74. The Hall–Kier alpha value is -1.34. The van der Waals surface area contributed by atoms with Crippen LogP contribution in [0.25, 0.3) is 0 Å². The summed E-state index contributed by atoms with van der Waals surface area (Å²) >= 11 is 10.0. The summed E-state index contributed by atoms with van der Waals surface area (Å²) < 4.78 is 0.639. The van der Waals surface area contributed by atoms with Crippen molar-refractivity contribution in [3.8, 4) is 0 Å². The number of carbonyl (C=O) groups is 4. The molecule has 3 N–H and O–H groups in total. The lowest BCUT2D eigenvalue weighted by Gasteiger charge is -1.96. The van der Waals surface area contributed by atoms with Gasteiger partial charge in [-0.2, -0.15) is 4.42 Å². The van der Waals surface area contributed by atoms with Crippen molar-refractivity contribution in [1.29, 1.82) is 0 Å². The molecule has 1 saturated heterocycles. The van der Waals surface area contributed by atoms with E-state index in [1.165, 1.54) is 0 Å². The van der Waals surface area contributed by atoms with Crippen LogP contribution in [0.3, 0.4) is 0 Å². The highest BCUT2D eigenvalue weighted by molar-refractivity contribution is 6.32. The number of nitrogens with one attached hydrogen (secondary N) is 1. The van der Waals surface area contributed by atoms with Gasteiger partial charge >= 0.3 is 0 Å². The Morgan fingerprint density at radius 2 is 1.71 bits per heavy atom. The second kappa shape index (κ2) is 7.86. The number of nitrogens with zero attached hydrogens (tertiary/aromatic N) is 1. The third-order valence-electron chi connectivity index (χ3n) is 1.69. The Labute approximate surface area is 107 Å². The van der Waals surface area contributed by atoms with E-state index in [4.69, 9.17) is 29.3 Å². The molecule has 1 heterocycles. The van der Waals surface area contributed by atoms with Crippen molar-refractivity contribution < 1.29 is 19.2 Å². The summed E-state index contributed by atoms with van der Waals surface area (Å²) in [5, 5.41) is 0. The first-order valence-corrected chi connectivity index (χ1v) is 5.29. The van der Waals surface area contributed by atoms with Crippen molar-refractivity contribution in [3.05, 3.63) is 0 Å². The first kappa shape index (κ1) is 15.7. The fourth-order valence-corrected chi connectivity index (χ4v) is 1.10. The molecule has 0 saturated carbocycles. The number of nitrogens with two attached hydrogens (primary N) is 1. The number of primary amides is 1. The minimum atomic E-state index is -0.504. The van der Waals surface area contributed by atoms with E-state index in [0.717, 1.165) is 0 Å². The lowest BCUT2D eigenvalue weighted by Crippen LogP contribution is -2.17. The van der Waals surface area contributed by atoms with Gasteiger partial charge < -0.3 is 5.73 Å².